The first-order chi connectivity index (χ1) is 11.3. The van der Waals surface area contributed by atoms with Crippen molar-refractivity contribution in [2.24, 2.45) is 5.92 Å². The van der Waals surface area contributed by atoms with E-state index in [0.29, 0.717) is 0 Å². The smallest absolute Gasteiger partial charge is 0.422 e. The van der Waals surface area contributed by atoms with E-state index in [2.05, 4.69) is 16.3 Å². The van der Waals surface area contributed by atoms with E-state index in [1.165, 1.54) is 0 Å². The van der Waals surface area contributed by atoms with Gasteiger partial charge in [0.25, 0.3) is 5.91 Å². The van der Waals surface area contributed by atoms with Gasteiger partial charge >= 0.3 is 12.4 Å². The molecule has 0 spiro atoms. The van der Waals surface area contributed by atoms with Gasteiger partial charge in [-0.05, 0) is 0 Å². The number of nitrogens with zero attached hydrogens (tertiary/aromatic N) is 1. The zero-order valence-corrected chi connectivity index (χ0v) is 13.2. The van der Waals surface area contributed by atoms with Crippen LogP contribution in [-0.2, 0) is 6.18 Å². The van der Waals surface area contributed by atoms with Gasteiger partial charge in [0.05, 0.1) is 18.7 Å². The fourth-order valence-electron chi connectivity index (χ4n) is 1.85. The van der Waals surface area contributed by atoms with E-state index in [1.54, 1.807) is 0 Å². The molecule has 0 radical (unpaired) electrons. The van der Waals surface area contributed by atoms with Crippen LogP contribution in [0.1, 0.15) is 28.5 Å². The SMILES string of the molecule is C=Cc1c(N)c(C(=O)NC[C@@H](C)C(F)(F)F)nc(OC)c1C(F)(F)F. The lowest BCUT2D eigenvalue weighted by Crippen LogP contribution is -2.35. The minimum absolute atomic E-state index is 0.645. The number of anilines is 1. The van der Waals surface area contributed by atoms with Gasteiger partial charge < -0.3 is 15.8 Å². The first kappa shape index (κ1) is 20.6. The zero-order chi connectivity index (χ0) is 19.6. The normalized spacial score (nSPS) is 13.3. The van der Waals surface area contributed by atoms with Crippen molar-refractivity contribution >= 4 is 17.7 Å². The van der Waals surface area contributed by atoms with Crippen LogP contribution in [0, 0.1) is 5.92 Å². The molecule has 5 nitrogen and oxygen atoms in total. The van der Waals surface area contributed by atoms with Crippen LogP contribution in [-0.4, -0.2) is 30.7 Å². The van der Waals surface area contributed by atoms with Gasteiger partial charge in [0, 0.05) is 12.1 Å². The maximum atomic E-state index is 13.1. The number of methoxy groups -OCH3 is 1. The second-order valence-corrected chi connectivity index (χ2v) is 5.03. The molecule has 0 aliphatic carbocycles. The summed E-state index contributed by atoms with van der Waals surface area (Å²) >= 11 is 0. The van der Waals surface area contributed by atoms with Crippen molar-refractivity contribution in [2.75, 3.05) is 19.4 Å². The summed E-state index contributed by atoms with van der Waals surface area (Å²) in [6.07, 6.45) is -8.68. The van der Waals surface area contributed by atoms with E-state index in [-0.39, 0.29) is 0 Å². The Bertz CT molecular complexity index is 670. The Balaban J connectivity index is 3.29. The summed E-state index contributed by atoms with van der Waals surface area (Å²) in [6.45, 7) is 3.24. The van der Waals surface area contributed by atoms with E-state index in [9.17, 15) is 31.1 Å². The van der Waals surface area contributed by atoms with Crippen molar-refractivity contribution in [1.29, 1.82) is 0 Å². The molecule has 1 amide bonds. The molecule has 0 aromatic carbocycles. The van der Waals surface area contributed by atoms with E-state index in [0.717, 1.165) is 20.1 Å². The number of pyridine rings is 1. The third-order valence-corrected chi connectivity index (χ3v) is 3.27. The lowest BCUT2D eigenvalue weighted by atomic mass is 10.0. The van der Waals surface area contributed by atoms with Crippen LogP contribution in [0.5, 0.6) is 5.88 Å². The molecule has 0 bridgehead atoms. The average Bonchev–Trinajstić information content (AvgIpc) is 2.49. The molecule has 1 rings (SSSR count). The fraction of sp³-hybridized carbons (Fsp3) is 0.429. The second kappa shape index (κ2) is 7.19. The van der Waals surface area contributed by atoms with Crippen LogP contribution in [0.2, 0.25) is 0 Å². The van der Waals surface area contributed by atoms with E-state index in [4.69, 9.17) is 5.73 Å². The molecule has 1 aromatic rings. The molecule has 0 aliphatic rings. The summed E-state index contributed by atoms with van der Waals surface area (Å²) < 4.78 is 81.3. The monoisotopic (exact) mass is 371 g/mol. The van der Waals surface area contributed by atoms with Crippen molar-refractivity contribution in [1.82, 2.24) is 10.3 Å². The molecular formula is C14H15F6N3O2. The van der Waals surface area contributed by atoms with Crippen LogP contribution >= 0.6 is 0 Å². The number of halogens is 6. The number of amides is 1. The third kappa shape index (κ3) is 4.54. The standard InChI is InChI=1S/C14H15F6N3O2/c1-4-7-8(14(18,19)20)12(25-3)23-10(9(7)21)11(24)22-5-6(2)13(15,16)17/h4,6H,1,5,21H2,2-3H3,(H,22,24)/t6-/m1/s1. The highest BCUT2D eigenvalue weighted by atomic mass is 19.4. The molecule has 0 saturated heterocycles. The minimum Gasteiger partial charge on any atom is -0.481 e. The number of nitrogens with one attached hydrogen (secondary N) is 1. The minimum atomic E-state index is -4.89. The van der Waals surface area contributed by atoms with Gasteiger partial charge in [0.2, 0.25) is 5.88 Å². The molecular weight excluding hydrogens is 356 g/mol. The van der Waals surface area contributed by atoms with Gasteiger partial charge in [0.15, 0.2) is 5.69 Å². The summed E-state index contributed by atoms with van der Waals surface area (Å²) in [5.74, 6) is -3.97. The lowest BCUT2D eigenvalue weighted by Gasteiger charge is -2.19. The number of carbonyl (C=O) groups is 1. The fourth-order valence-corrected chi connectivity index (χ4v) is 1.85. The van der Waals surface area contributed by atoms with Crippen molar-refractivity contribution in [3.8, 4) is 5.88 Å². The van der Waals surface area contributed by atoms with Gasteiger partial charge in [-0.25, -0.2) is 4.98 Å². The number of ether oxygens (including phenoxy) is 1. The third-order valence-electron chi connectivity index (χ3n) is 3.27. The number of alkyl halides is 6. The van der Waals surface area contributed by atoms with Crippen molar-refractivity contribution in [3.05, 3.63) is 23.4 Å². The molecule has 1 heterocycles. The number of aromatic nitrogens is 1. The highest BCUT2D eigenvalue weighted by molar-refractivity contribution is 5.99. The van der Waals surface area contributed by atoms with E-state index in [1.807, 2.05) is 5.32 Å². The summed E-state index contributed by atoms with van der Waals surface area (Å²) in [4.78, 5) is 15.4. The molecule has 0 saturated carbocycles. The lowest BCUT2D eigenvalue weighted by molar-refractivity contribution is -0.167. The highest BCUT2D eigenvalue weighted by Crippen LogP contribution is 2.41. The van der Waals surface area contributed by atoms with Gasteiger partial charge in [-0.3, -0.25) is 4.79 Å². The van der Waals surface area contributed by atoms with Gasteiger partial charge in [-0.1, -0.05) is 19.6 Å². The summed E-state index contributed by atoms with van der Waals surface area (Å²) in [5.41, 5.74) is 2.21. The Morgan fingerprint density at radius 1 is 1.36 bits per heavy atom. The van der Waals surface area contributed by atoms with Crippen molar-refractivity contribution < 1.29 is 35.9 Å². The predicted molar refractivity (Wildman–Crippen MR) is 77.8 cm³/mol. The number of hydrogen-bond donors (Lipinski definition) is 2. The van der Waals surface area contributed by atoms with Gasteiger partial charge in [-0.2, -0.15) is 26.3 Å². The molecule has 0 aliphatic heterocycles. The zero-order valence-electron chi connectivity index (χ0n) is 13.2. The van der Waals surface area contributed by atoms with Crippen LogP contribution in [0.4, 0.5) is 32.0 Å². The van der Waals surface area contributed by atoms with Crippen LogP contribution < -0.4 is 15.8 Å². The Kier molecular flexibility index (Phi) is 5.92. The summed E-state index contributed by atoms with van der Waals surface area (Å²) in [6, 6.07) is 0. The molecule has 11 heteroatoms. The molecule has 1 atom stereocenters. The molecule has 140 valence electrons. The second-order valence-electron chi connectivity index (χ2n) is 5.03. The number of nitrogens with two attached hydrogens (primary N) is 1. The largest absolute Gasteiger partial charge is 0.481 e. The maximum absolute atomic E-state index is 13.1. The van der Waals surface area contributed by atoms with Crippen LogP contribution in [0.15, 0.2) is 6.58 Å². The molecule has 0 fully saturated rings. The average molecular weight is 371 g/mol. The summed E-state index contributed by atoms with van der Waals surface area (Å²) in [5, 5.41) is 1.93. The van der Waals surface area contributed by atoms with Crippen LogP contribution in [0.3, 0.4) is 0 Å². The van der Waals surface area contributed by atoms with Crippen LogP contribution in [0.25, 0.3) is 6.08 Å². The van der Waals surface area contributed by atoms with Gasteiger partial charge in [-0.15, -0.1) is 0 Å². The molecule has 3 N–H and O–H groups in total. The number of carbonyl (C=O) groups excluding carboxylic acids is 1. The number of hydrogen-bond acceptors (Lipinski definition) is 4. The molecule has 1 aromatic heterocycles. The summed E-state index contributed by atoms with van der Waals surface area (Å²) in [7, 11) is 0.897. The number of nitrogen functional groups attached to an aromatic ring is 1. The first-order valence-electron chi connectivity index (χ1n) is 6.76. The van der Waals surface area contributed by atoms with Gasteiger partial charge in [0.1, 0.15) is 5.56 Å². The van der Waals surface area contributed by atoms with Crippen molar-refractivity contribution in [3.63, 3.8) is 0 Å². The highest BCUT2D eigenvalue weighted by Gasteiger charge is 2.40. The molecule has 25 heavy (non-hydrogen) atoms. The topological polar surface area (TPSA) is 77.2 Å². The van der Waals surface area contributed by atoms with Crippen molar-refractivity contribution in [2.45, 2.75) is 19.3 Å². The predicted octanol–water partition coefficient (Wildman–Crippen LogP) is 3.26. The molecule has 0 unspecified atom stereocenters. The Labute approximate surface area is 138 Å². The maximum Gasteiger partial charge on any atom is 0.422 e. The quantitative estimate of drug-likeness (QED) is 0.779. The number of rotatable bonds is 5. The Morgan fingerprint density at radius 2 is 1.92 bits per heavy atom. The Morgan fingerprint density at radius 3 is 2.32 bits per heavy atom. The first-order valence-corrected chi connectivity index (χ1v) is 6.76. The van der Waals surface area contributed by atoms with E-state index >= 15 is 0 Å². The van der Waals surface area contributed by atoms with E-state index < -0.39 is 59.1 Å². The Hall–Kier alpha value is -2.46.